The van der Waals surface area contributed by atoms with Crippen LogP contribution in [0.15, 0.2) is 18.2 Å². The number of hydrogen-bond acceptors (Lipinski definition) is 1. The summed E-state index contributed by atoms with van der Waals surface area (Å²) in [5, 5.41) is 0. The molecule has 0 saturated carbocycles. The van der Waals surface area contributed by atoms with Gasteiger partial charge in [0.2, 0.25) is 0 Å². The van der Waals surface area contributed by atoms with Crippen molar-refractivity contribution >= 4 is 15.0 Å². The first kappa shape index (κ1) is 17.9. The van der Waals surface area contributed by atoms with E-state index in [2.05, 4.69) is 48.2 Å². The minimum atomic E-state index is 0. The third-order valence-electron chi connectivity index (χ3n) is 3.18. The summed E-state index contributed by atoms with van der Waals surface area (Å²) in [5.41, 5.74) is 3.43. The van der Waals surface area contributed by atoms with E-state index in [0.717, 1.165) is 31.2 Å². The molecule has 0 N–H and O–H groups in total. The summed E-state index contributed by atoms with van der Waals surface area (Å²) in [6.07, 6.45) is 3.86. The fourth-order valence-electron chi connectivity index (χ4n) is 2.19. The Morgan fingerprint density at radius 2 is 1.72 bits per heavy atom. The number of Topliss-reactive ketones (excluding diaryl/α,β-unsaturated/α-hetero) is 1. The fourth-order valence-corrected chi connectivity index (χ4v) is 2.69. The standard InChI is InChI=1S/C15H23OP.Li.H/c1-4-8-13(17)15(16)14-11(5-2)9-7-10-12(14)6-3;;/h7,9-10,13H,4-6,8,17H2,1-3H3;;/q;+1;-1. The maximum absolute atomic E-state index is 12.5. The molecule has 0 bridgehead atoms. The molecule has 18 heavy (non-hydrogen) atoms. The SMILES string of the molecule is CCCC(P)C(=O)c1c(CC)cccc1CC.[H-].[Li+]. The monoisotopic (exact) mass is 258 g/mol. The molecular formula is C15H24LiOP. The normalized spacial score (nSPS) is 11.8. The molecule has 0 aliphatic heterocycles. The van der Waals surface area contributed by atoms with Crippen LogP contribution in [-0.2, 0) is 12.8 Å². The molecule has 0 amide bonds. The first-order valence-corrected chi connectivity index (χ1v) is 7.22. The van der Waals surface area contributed by atoms with E-state index in [0.29, 0.717) is 5.78 Å². The van der Waals surface area contributed by atoms with Crippen molar-refractivity contribution in [1.82, 2.24) is 0 Å². The van der Waals surface area contributed by atoms with Gasteiger partial charge >= 0.3 is 18.9 Å². The zero-order valence-corrected chi connectivity index (χ0v) is 13.3. The number of ketones is 1. The second-order valence-electron chi connectivity index (χ2n) is 4.42. The van der Waals surface area contributed by atoms with Gasteiger partial charge in [0.25, 0.3) is 0 Å². The van der Waals surface area contributed by atoms with Gasteiger partial charge in [-0.2, -0.15) is 0 Å². The topological polar surface area (TPSA) is 17.1 Å². The molecule has 0 aliphatic rings. The van der Waals surface area contributed by atoms with E-state index in [-0.39, 0.29) is 25.9 Å². The average molecular weight is 258 g/mol. The van der Waals surface area contributed by atoms with E-state index >= 15 is 0 Å². The summed E-state index contributed by atoms with van der Waals surface area (Å²) < 4.78 is 0. The predicted molar refractivity (Wildman–Crippen MR) is 79.0 cm³/mol. The van der Waals surface area contributed by atoms with Crippen molar-refractivity contribution in [3.05, 3.63) is 34.9 Å². The summed E-state index contributed by atoms with van der Waals surface area (Å²) in [4.78, 5) is 12.5. The molecule has 0 saturated heterocycles. The quantitative estimate of drug-likeness (QED) is 0.425. The maximum atomic E-state index is 12.5. The molecule has 2 atom stereocenters. The van der Waals surface area contributed by atoms with E-state index < -0.39 is 0 Å². The Balaban J connectivity index is 0. The predicted octanol–water partition coefficient (Wildman–Crippen LogP) is 1.15. The van der Waals surface area contributed by atoms with Crippen molar-refractivity contribution in [3.8, 4) is 0 Å². The molecular weight excluding hydrogens is 234 g/mol. The van der Waals surface area contributed by atoms with Gasteiger partial charge in [0.15, 0.2) is 5.78 Å². The van der Waals surface area contributed by atoms with E-state index in [9.17, 15) is 4.79 Å². The van der Waals surface area contributed by atoms with Gasteiger partial charge in [0.1, 0.15) is 0 Å². The molecule has 0 spiro atoms. The van der Waals surface area contributed by atoms with Crippen LogP contribution in [-0.4, -0.2) is 11.4 Å². The zero-order valence-electron chi connectivity index (χ0n) is 13.1. The number of benzene rings is 1. The zero-order chi connectivity index (χ0) is 12.8. The number of rotatable bonds is 6. The van der Waals surface area contributed by atoms with Crippen LogP contribution >= 0.6 is 9.24 Å². The molecule has 96 valence electrons. The number of aryl methyl sites for hydroxylation is 2. The number of carbonyl (C=O) groups is 1. The van der Waals surface area contributed by atoms with Gasteiger partial charge in [0, 0.05) is 11.2 Å². The first-order valence-electron chi connectivity index (χ1n) is 6.56. The van der Waals surface area contributed by atoms with Crippen LogP contribution in [0.5, 0.6) is 0 Å². The van der Waals surface area contributed by atoms with Crippen molar-refractivity contribution in [2.45, 2.75) is 52.1 Å². The molecule has 2 unspecified atom stereocenters. The Morgan fingerprint density at radius 1 is 1.22 bits per heavy atom. The first-order chi connectivity index (χ1) is 8.15. The van der Waals surface area contributed by atoms with Crippen LogP contribution in [0, 0.1) is 0 Å². The Labute approximate surface area is 127 Å². The Hall–Kier alpha value is -0.0826. The molecule has 1 rings (SSSR count). The Morgan fingerprint density at radius 3 is 2.11 bits per heavy atom. The Bertz CT molecular complexity index is 373. The van der Waals surface area contributed by atoms with Crippen molar-refractivity contribution in [2.24, 2.45) is 0 Å². The third kappa shape index (κ3) is 4.24. The fraction of sp³-hybridized carbons (Fsp3) is 0.533. The van der Waals surface area contributed by atoms with E-state index in [4.69, 9.17) is 0 Å². The second kappa shape index (κ2) is 8.92. The van der Waals surface area contributed by atoms with Crippen LogP contribution in [0.1, 0.15) is 56.5 Å². The molecule has 1 aromatic rings. The van der Waals surface area contributed by atoms with Crippen molar-refractivity contribution in [2.75, 3.05) is 0 Å². The van der Waals surface area contributed by atoms with E-state index in [1.54, 1.807) is 0 Å². The average Bonchev–Trinajstić information content (AvgIpc) is 2.37. The summed E-state index contributed by atoms with van der Waals surface area (Å²) in [6, 6.07) is 6.22. The summed E-state index contributed by atoms with van der Waals surface area (Å²) in [5.74, 6) is 0.297. The van der Waals surface area contributed by atoms with E-state index in [1.165, 1.54) is 11.1 Å². The van der Waals surface area contributed by atoms with Crippen molar-refractivity contribution < 1.29 is 25.1 Å². The molecule has 0 aliphatic carbocycles. The minimum Gasteiger partial charge on any atom is -1.00 e. The van der Waals surface area contributed by atoms with Crippen LogP contribution in [0.3, 0.4) is 0 Å². The van der Waals surface area contributed by atoms with Gasteiger partial charge in [-0.25, -0.2) is 0 Å². The second-order valence-corrected chi connectivity index (χ2v) is 5.22. The smallest absolute Gasteiger partial charge is 1.00 e. The molecule has 1 nitrogen and oxygen atoms in total. The molecule has 0 heterocycles. The molecule has 0 radical (unpaired) electrons. The molecule has 0 aromatic heterocycles. The van der Waals surface area contributed by atoms with Crippen LogP contribution in [0.4, 0.5) is 0 Å². The van der Waals surface area contributed by atoms with Crippen molar-refractivity contribution in [3.63, 3.8) is 0 Å². The Kier molecular flexibility index (Phi) is 8.88. The van der Waals surface area contributed by atoms with E-state index in [1.807, 2.05) is 0 Å². The number of carbonyl (C=O) groups excluding carboxylic acids is 1. The van der Waals surface area contributed by atoms with Gasteiger partial charge in [-0.05, 0) is 30.4 Å². The van der Waals surface area contributed by atoms with Crippen molar-refractivity contribution in [1.29, 1.82) is 0 Å². The van der Waals surface area contributed by atoms with Gasteiger partial charge in [0.05, 0.1) is 0 Å². The van der Waals surface area contributed by atoms with Gasteiger partial charge in [-0.15, -0.1) is 9.24 Å². The van der Waals surface area contributed by atoms with Gasteiger partial charge < -0.3 is 1.43 Å². The summed E-state index contributed by atoms with van der Waals surface area (Å²) in [7, 11) is 2.70. The minimum absolute atomic E-state index is 0. The number of hydrogen-bond donors (Lipinski definition) is 0. The summed E-state index contributed by atoms with van der Waals surface area (Å²) >= 11 is 0. The largest absolute Gasteiger partial charge is 1.00 e. The summed E-state index contributed by atoms with van der Waals surface area (Å²) in [6.45, 7) is 6.35. The molecule has 1 aromatic carbocycles. The molecule has 0 fully saturated rings. The van der Waals surface area contributed by atoms with Crippen LogP contribution in [0.25, 0.3) is 0 Å². The van der Waals surface area contributed by atoms with Gasteiger partial charge in [-0.1, -0.05) is 45.4 Å². The third-order valence-corrected chi connectivity index (χ3v) is 3.82. The van der Waals surface area contributed by atoms with Crippen LogP contribution < -0.4 is 18.9 Å². The van der Waals surface area contributed by atoms with Gasteiger partial charge in [-0.3, -0.25) is 4.79 Å². The maximum Gasteiger partial charge on any atom is 1.00 e. The van der Waals surface area contributed by atoms with Crippen LogP contribution in [0.2, 0.25) is 0 Å². The molecule has 3 heteroatoms.